The van der Waals surface area contributed by atoms with Crippen LogP contribution < -0.4 is 15.2 Å². The molecule has 0 aliphatic rings. The van der Waals surface area contributed by atoms with Crippen LogP contribution in [0.2, 0.25) is 0 Å². The Balaban J connectivity index is 1.91. The van der Waals surface area contributed by atoms with Crippen molar-refractivity contribution in [1.82, 2.24) is 4.98 Å². The number of hydrogen-bond acceptors (Lipinski definition) is 5. The molecule has 1 aromatic heterocycles. The molecule has 0 radical (unpaired) electrons. The number of nitrogens with zero attached hydrogens (tertiary/aromatic N) is 2. The Kier molecular flexibility index (Phi) is 6.32. The third-order valence-corrected chi connectivity index (χ3v) is 5.59. The van der Waals surface area contributed by atoms with Gasteiger partial charge in [0, 0.05) is 17.7 Å². The van der Waals surface area contributed by atoms with Gasteiger partial charge in [0.2, 0.25) is 0 Å². The van der Waals surface area contributed by atoms with Gasteiger partial charge in [-0.05, 0) is 64.4 Å². The van der Waals surface area contributed by atoms with Gasteiger partial charge < -0.3 is 4.74 Å². The van der Waals surface area contributed by atoms with Gasteiger partial charge in [-0.2, -0.15) is 0 Å². The summed E-state index contributed by atoms with van der Waals surface area (Å²) in [5.41, 5.74) is 4.49. The predicted octanol–water partition coefficient (Wildman–Crippen LogP) is 4.90. The number of nitro groups is 1. The molecule has 4 rings (SSSR count). The summed E-state index contributed by atoms with van der Waals surface area (Å²) in [6, 6.07) is 23.6. The van der Waals surface area contributed by atoms with Gasteiger partial charge in [-0.25, -0.2) is 4.98 Å². The van der Waals surface area contributed by atoms with E-state index in [-0.39, 0.29) is 11.4 Å². The van der Waals surface area contributed by atoms with E-state index in [0.29, 0.717) is 17.0 Å². The molecule has 6 heteroatoms. The van der Waals surface area contributed by atoms with Crippen molar-refractivity contribution < 1.29 is 9.66 Å². The van der Waals surface area contributed by atoms with Crippen LogP contribution in [0.5, 0.6) is 5.75 Å². The Hall–Kier alpha value is -4.58. The number of ether oxygens (including phenoxy) is 1. The topological polar surface area (TPSA) is 89.1 Å². The van der Waals surface area contributed by atoms with Gasteiger partial charge in [-0.1, -0.05) is 49.0 Å². The molecule has 0 fully saturated rings. The summed E-state index contributed by atoms with van der Waals surface area (Å²) in [4.78, 5) is 15.7. The molecule has 0 saturated carbocycles. The minimum Gasteiger partial charge on any atom is -0.497 e. The summed E-state index contributed by atoms with van der Waals surface area (Å²) in [7, 11) is 1.61. The quantitative estimate of drug-likeness (QED) is 0.258. The Morgan fingerprint density at radius 3 is 2.44 bits per heavy atom. The number of methoxy groups -OCH3 is 1. The lowest BCUT2D eigenvalue weighted by Crippen LogP contribution is -2.23. The SMILES string of the molecule is C=c1cccc/c1=C/C(=N)c1cc(-c2ccc(OC)cc2)cc(-c2cc([N+](=O)[O-])ccc2C)n1. The van der Waals surface area contributed by atoms with Crippen LogP contribution in [0.25, 0.3) is 35.0 Å². The number of nitrogens with one attached hydrogen (secondary N) is 1. The fraction of sp³-hybridized carbons (Fsp3) is 0.0714. The minimum atomic E-state index is -0.418. The Morgan fingerprint density at radius 2 is 1.76 bits per heavy atom. The summed E-state index contributed by atoms with van der Waals surface area (Å²) < 4.78 is 5.27. The van der Waals surface area contributed by atoms with Gasteiger partial charge in [-0.3, -0.25) is 15.5 Å². The molecule has 34 heavy (non-hydrogen) atoms. The van der Waals surface area contributed by atoms with E-state index in [1.54, 1.807) is 19.3 Å². The van der Waals surface area contributed by atoms with E-state index in [9.17, 15) is 10.1 Å². The van der Waals surface area contributed by atoms with Crippen molar-refractivity contribution in [2.24, 2.45) is 0 Å². The summed E-state index contributed by atoms with van der Waals surface area (Å²) in [5.74, 6) is 0.737. The highest BCUT2D eigenvalue weighted by atomic mass is 16.6. The van der Waals surface area contributed by atoms with Crippen molar-refractivity contribution in [1.29, 1.82) is 5.41 Å². The second-order valence-corrected chi connectivity index (χ2v) is 7.87. The molecular formula is C28H23N3O3. The summed E-state index contributed by atoms with van der Waals surface area (Å²) in [5, 5.41) is 21.8. The van der Waals surface area contributed by atoms with Gasteiger partial charge in [0.05, 0.1) is 29.1 Å². The Labute approximate surface area is 197 Å². The highest BCUT2D eigenvalue weighted by Gasteiger charge is 2.15. The lowest BCUT2D eigenvalue weighted by atomic mass is 9.98. The van der Waals surface area contributed by atoms with Crippen LogP contribution in [0.1, 0.15) is 11.3 Å². The van der Waals surface area contributed by atoms with Crippen molar-refractivity contribution >= 4 is 24.1 Å². The molecule has 168 valence electrons. The number of nitro benzene ring substituents is 1. The number of pyridine rings is 1. The van der Waals surface area contributed by atoms with Crippen molar-refractivity contribution in [3.05, 3.63) is 111 Å². The van der Waals surface area contributed by atoms with Gasteiger partial charge in [0.15, 0.2) is 0 Å². The van der Waals surface area contributed by atoms with Gasteiger partial charge in [0.1, 0.15) is 5.75 Å². The lowest BCUT2D eigenvalue weighted by Gasteiger charge is -2.12. The van der Waals surface area contributed by atoms with Crippen LogP contribution >= 0.6 is 0 Å². The van der Waals surface area contributed by atoms with Crippen LogP contribution in [0.15, 0.2) is 78.9 Å². The van der Waals surface area contributed by atoms with Crippen molar-refractivity contribution in [3.63, 3.8) is 0 Å². The zero-order valence-corrected chi connectivity index (χ0v) is 18.9. The zero-order valence-electron chi connectivity index (χ0n) is 18.9. The summed E-state index contributed by atoms with van der Waals surface area (Å²) in [6.45, 7) is 5.91. The third-order valence-electron chi connectivity index (χ3n) is 5.59. The van der Waals surface area contributed by atoms with E-state index in [1.807, 2.05) is 67.6 Å². The summed E-state index contributed by atoms with van der Waals surface area (Å²) >= 11 is 0. The van der Waals surface area contributed by atoms with Crippen LogP contribution in [-0.4, -0.2) is 22.7 Å². The van der Waals surface area contributed by atoms with E-state index in [0.717, 1.165) is 32.9 Å². The molecular weight excluding hydrogens is 426 g/mol. The molecule has 1 heterocycles. The maximum Gasteiger partial charge on any atom is 0.270 e. The van der Waals surface area contributed by atoms with E-state index < -0.39 is 4.92 Å². The first kappa shape index (κ1) is 22.6. The zero-order chi connectivity index (χ0) is 24.2. The molecule has 0 amide bonds. The van der Waals surface area contributed by atoms with Crippen LogP contribution in [0.3, 0.4) is 0 Å². The number of aryl methyl sites for hydroxylation is 1. The van der Waals surface area contributed by atoms with Gasteiger partial charge in [0.25, 0.3) is 5.69 Å². The number of rotatable bonds is 6. The van der Waals surface area contributed by atoms with Crippen LogP contribution in [0, 0.1) is 22.4 Å². The van der Waals surface area contributed by atoms with Crippen LogP contribution in [-0.2, 0) is 0 Å². The molecule has 3 aromatic carbocycles. The Morgan fingerprint density at radius 1 is 1.03 bits per heavy atom. The van der Waals surface area contributed by atoms with Crippen molar-refractivity contribution in [2.75, 3.05) is 7.11 Å². The minimum absolute atomic E-state index is 0.00794. The molecule has 0 aliphatic carbocycles. The second kappa shape index (κ2) is 9.50. The maximum absolute atomic E-state index is 11.4. The number of hydrogen-bond donors (Lipinski definition) is 1. The van der Waals surface area contributed by atoms with Crippen molar-refractivity contribution in [3.8, 4) is 28.1 Å². The largest absolute Gasteiger partial charge is 0.497 e. The highest BCUT2D eigenvalue weighted by molar-refractivity contribution is 6.18. The standard InChI is InChI=1S/C28H23N3O3/c1-18-6-4-5-7-21(18)14-26(29)28-16-22(20-9-12-24(34-3)13-10-20)15-27(30-28)25-17-23(31(32)33)11-8-19(25)2/h4-17,29H,1H2,2-3H3/b21-14-,29-26?. The molecule has 0 aliphatic heterocycles. The van der Waals surface area contributed by atoms with E-state index >= 15 is 0 Å². The fourth-order valence-corrected chi connectivity index (χ4v) is 3.66. The Bertz CT molecular complexity index is 1510. The third kappa shape index (κ3) is 4.76. The molecule has 0 atom stereocenters. The summed E-state index contributed by atoms with van der Waals surface area (Å²) in [6.07, 6.45) is 1.73. The molecule has 1 N–H and O–H groups in total. The van der Waals surface area contributed by atoms with Crippen LogP contribution in [0.4, 0.5) is 5.69 Å². The van der Waals surface area contributed by atoms with Crippen molar-refractivity contribution in [2.45, 2.75) is 6.92 Å². The average molecular weight is 450 g/mol. The van der Waals surface area contributed by atoms with E-state index in [4.69, 9.17) is 15.1 Å². The smallest absolute Gasteiger partial charge is 0.270 e. The monoisotopic (exact) mass is 449 g/mol. The van der Waals surface area contributed by atoms with Gasteiger partial charge >= 0.3 is 0 Å². The number of non-ortho nitro benzene ring substituents is 1. The predicted molar refractivity (Wildman–Crippen MR) is 136 cm³/mol. The average Bonchev–Trinajstić information content (AvgIpc) is 2.85. The number of aromatic nitrogens is 1. The first-order chi connectivity index (χ1) is 16.4. The first-order valence-electron chi connectivity index (χ1n) is 10.6. The molecule has 6 nitrogen and oxygen atoms in total. The molecule has 0 saturated heterocycles. The van der Waals surface area contributed by atoms with E-state index in [2.05, 4.69) is 6.58 Å². The fourth-order valence-electron chi connectivity index (χ4n) is 3.66. The number of benzene rings is 3. The highest BCUT2D eigenvalue weighted by Crippen LogP contribution is 2.31. The molecule has 4 aromatic rings. The maximum atomic E-state index is 11.4. The molecule has 0 bridgehead atoms. The first-order valence-corrected chi connectivity index (χ1v) is 10.6. The van der Waals surface area contributed by atoms with Gasteiger partial charge in [-0.15, -0.1) is 0 Å². The lowest BCUT2D eigenvalue weighted by molar-refractivity contribution is -0.384. The normalized spacial score (nSPS) is 11.3. The molecule has 0 spiro atoms. The molecule has 0 unspecified atom stereocenters. The van der Waals surface area contributed by atoms with E-state index in [1.165, 1.54) is 12.1 Å². The second-order valence-electron chi connectivity index (χ2n) is 7.87.